The second-order valence-corrected chi connectivity index (χ2v) is 20.7. The molecule has 11 N–H and O–H groups in total. The summed E-state index contributed by atoms with van der Waals surface area (Å²) < 4.78 is 42.3. The minimum absolute atomic E-state index is 0.0403. The molecule has 62 heavy (non-hydrogen) atoms. The SMILES string of the molecule is CC1=C(C(O)C[C@@H](C)CO[C@@H]2O[C@H](CO)[C@@H](O)[C@H](O)[C@H]2O)O[C@H]2C[C@H]3[C@@H]4C[C@H](O[C@@H]5O[C@H](C)[C@@H](O)[C@H](O[C@@H]6OC[C@@H](O)[C@H](O)[C@H]6O)[C@H]5O)[C@H]5C[C@@H](O)CC[C@]5(C)[C@H]4CC[C@]3(C)[C@@H]12. The Morgan fingerprint density at radius 2 is 1.45 bits per heavy atom. The van der Waals surface area contributed by atoms with Crippen LogP contribution in [0.3, 0.4) is 0 Å². The molecule has 3 saturated heterocycles. The third-order valence-corrected chi connectivity index (χ3v) is 16.9. The van der Waals surface area contributed by atoms with Crippen LogP contribution in [0.5, 0.6) is 0 Å². The van der Waals surface area contributed by atoms with Crippen LogP contribution in [0.15, 0.2) is 11.3 Å². The van der Waals surface area contributed by atoms with Crippen molar-refractivity contribution in [2.75, 3.05) is 19.8 Å². The highest BCUT2D eigenvalue weighted by atomic mass is 16.7. The fourth-order valence-corrected chi connectivity index (χ4v) is 13.5. The van der Waals surface area contributed by atoms with Crippen molar-refractivity contribution in [3.8, 4) is 0 Å². The highest BCUT2D eigenvalue weighted by Gasteiger charge is 2.67. The standard InChI is InChI=1S/C44H72O18/c1-17(15-56-40-36(54)34(52)33(51)29(14-45)61-40)10-25(47)38-18(2)30-28(59-38)13-23-21-12-27(24-11-20(46)6-8-43(24,4)22(21)7-9-44(23,30)5)60-42-37(55)39(31(49)19(3)58-42)62-41-35(53)32(50)26(48)16-57-41/h17,19-37,39-42,45-55H,6-16H2,1-5H3/t17-,19-,20+,21-,22+,23+,24-,25?,26-,27+,28+,29-,30+,31-,32+,33-,34+,35-,36-,37-,39+,40-,41+,42+,43-,44+/m1/s1. The highest BCUT2D eigenvalue weighted by Crippen LogP contribution is 2.70. The van der Waals surface area contributed by atoms with Gasteiger partial charge in [0.25, 0.3) is 0 Å². The van der Waals surface area contributed by atoms with Gasteiger partial charge in [-0.05, 0) is 111 Å². The van der Waals surface area contributed by atoms with Gasteiger partial charge < -0.3 is 89.3 Å². The molecule has 0 aromatic rings. The summed E-state index contributed by atoms with van der Waals surface area (Å²) in [6.07, 6.45) is -15.2. The van der Waals surface area contributed by atoms with Crippen LogP contribution in [-0.4, -0.2) is 186 Å². The summed E-state index contributed by atoms with van der Waals surface area (Å²) in [5, 5.41) is 116. The molecule has 8 aliphatic rings. The Bertz CT molecular complexity index is 1590. The first-order valence-corrected chi connectivity index (χ1v) is 22.9. The van der Waals surface area contributed by atoms with Crippen LogP contribution in [0, 0.1) is 46.3 Å². The fourth-order valence-electron chi connectivity index (χ4n) is 13.5. The zero-order valence-electron chi connectivity index (χ0n) is 36.4. The lowest BCUT2D eigenvalue weighted by Crippen LogP contribution is -2.64. The maximum absolute atomic E-state index is 11.7. The van der Waals surface area contributed by atoms with Crippen LogP contribution in [0.1, 0.15) is 86.0 Å². The first-order chi connectivity index (χ1) is 29.3. The topological polar surface area (TPSA) is 287 Å². The number of aliphatic hydroxyl groups excluding tert-OH is 11. The van der Waals surface area contributed by atoms with Gasteiger partial charge in [0.15, 0.2) is 18.9 Å². The normalized spacial score (nSPS) is 53.9. The van der Waals surface area contributed by atoms with Gasteiger partial charge in [-0.1, -0.05) is 20.8 Å². The molecule has 26 atom stereocenters. The number of hydrogen-bond acceptors (Lipinski definition) is 18. The van der Waals surface area contributed by atoms with Gasteiger partial charge in [0.1, 0.15) is 79.0 Å². The molecule has 0 aromatic heterocycles. The van der Waals surface area contributed by atoms with Gasteiger partial charge >= 0.3 is 0 Å². The molecule has 4 aliphatic carbocycles. The lowest BCUT2D eigenvalue weighted by atomic mass is 9.44. The highest BCUT2D eigenvalue weighted by molar-refractivity contribution is 5.28. The summed E-state index contributed by atoms with van der Waals surface area (Å²) in [5.74, 6) is 1.24. The molecule has 0 amide bonds. The third-order valence-electron chi connectivity index (χ3n) is 16.9. The molecular formula is C44H72O18. The number of ether oxygens (including phenoxy) is 7. The van der Waals surface area contributed by atoms with Gasteiger partial charge in [-0.3, -0.25) is 0 Å². The number of rotatable bonds is 11. The summed E-state index contributed by atoms with van der Waals surface area (Å²) in [5.41, 5.74) is 0.715. The van der Waals surface area contributed by atoms with Crippen LogP contribution in [0.2, 0.25) is 0 Å². The van der Waals surface area contributed by atoms with E-state index in [2.05, 4.69) is 20.8 Å². The lowest BCUT2D eigenvalue weighted by molar-refractivity contribution is -0.357. The molecule has 0 bridgehead atoms. The average molecular weight is 889 g/mol. The van der Waals surface area contributed by atoms with Gasteiger partial charge in [-0.25, -0.2) is 0 Å². The Labute approximate surface area is 362 Å². The zero-order chi connectivity index (χ0) is 44.7. The van der Waals surface area contributed by atoms with E-state index in [9.17, 15) is 56.2 Å². The molecule has 4 heterocycles. The lowest BCUT2D eigenvalue weighted by Gasteiger charge is -2.63. The average Bonchev–Trinajstić information content (AvgIpc) is 3.73. The zero-order valence-corrected chi connectivity index (χ0v) is 36.4. The van der Waals surface area contributed by atoms with Crippen LogP contribution in [0.4, 0.5) is 0 Å². The largest absolute Gasteiger partial charge is 0.491 e. The summed E-state index contributed by atoms with van der Waals surface area (Å²) in [7, 11) is 0. The minimum Gasteiger partial charge on any atom is -0.491 e. The van der Waals surface area contributed by atoms with Crippen molar-refractivity contribution in [3.63, 3.8) is 0 Å². The van der Waals surface area contributed by atoms with Crippen LogP contribution < -0.4 is 0 Å². The molecule has 18 heteroatoms. The van der Waals surface area contributed by atoms with Crippen LogP contribution in [0.25, 0.3) is 0 Å². The summed E-state index contributed by atoms with van der Waals surface area (Å²) in [6.45, 7) is 9.46. The first kappa shape index (κ1) is 47.4. The minimum atomic E-state index is -1.62. The Kier molecular flexibility index (Phi) is 13.9. The molecule has 0 aromatic carbocycles. The van der Waals surface area contributed by atoms with Crippen molar-refractivity contribution in [1.82, 2.24) is 0 Å². The number of fused-ring (bicyclic) bond motifs is 7. The Morgan fingerprint density at radius 3 is 2.18 bits per heavy atom. The summed E-state index contributed by atoms with van der Waals surface area (Å²) >= 11 is 0. The monoisotopic (exact) mass is 888 g/mol. The second-order valence-electron chi connectivity index (χ2n) is 20.7. The van der Waals surface area contributed by atoms with Crippen molar-refractivity contribution in [2.24, 2.45) is 46.3 Å². The fraction of sp³-hybridized carbons (Fsp3) is 0.955. The third kappa shape index (κ3) is 8.22. The molecule has 18 nitrogen and oxygen atoms in total. The maximum Gasteiger partial charge on any atom is 0.186 e. The first-order valence-electron chi connectivity index (χ1n) is 22.9. The van der Waals surface area contributed by atoms with Gasteiger partial charge in [0.2, 0.25) is 0 Å². The molecule has 356 valence electrons. The molecule has 4 aliphatic heterocycles. The van der Waals surface area contributed by atoms with Crippen molar-refractivity contribution in [3.05, 3.63) is 11.3 Å². The summed E-state index contributed by atoms with van der Waals surface area (Å²) in [4.78, 5) is 0. The predicted molar refractivity (Wildman–Crippen MR) is 213 cm³/mol. The van der Waals surface area contributed by atoms with E-state index in [1.807, 2.05) is 6.92 Å². The Morgan fingerprint density at radius 1 is 0.742 bits per heavy atom. The smallest absolute Gasteiger partial charge is 0.186 e. The van der Waals surface area contributed by atoms with E-state index >= 15 is 0 Å². The Hall–Kier alpha value is -1.14. The van der Waals surface area contributed by atoms with E-state index in [-0.39, 0.29) is 59.7 Å². The van der Waals surface area contributed by atoms with Crippen molar-refractivity contribution in [1.29, 1.82) is 0 Å². The molecular weight excluding hydrogens is 816 g/mol. The number of aliphatic hydroxyl groups is 11. The molecule has 7 fully saturated rings. The van der Waals surface area contributed by atoms with Gasteiger partial charge in [0.05, 0.1) is 38.1 Å². The van der Waals surface area contributed by atoms with Crippen LogP contribution in [-0.2, 0) is 33.2 Å². The summed E-state index contributed by atoms with van der Waals surface area (Å²) in [6, 6.07) is 0. The van der Waals surface area contributed by atoms with Gasteiger partial charge in [-0.2, -0.15) is 0 Å². The van der Waals surface area contributed by atoms with Crippen molar-refractivity contribution in [2.45, 2.75) is 196 Å². The Balaban J connectivity index is 0.960. The van der Waals surface area contributed by atoms with E-state index in [0.29, 0.717) is 37.4 Å². The van der Waals surface area contributed by atoms with E-state index in [1.54, 1.807) is 6.92 Å². The van der Waals surface area contributed by atoms with Gasteiger partial charge in [-0.15, -0.1) is 0 Å². The maximum atomic E-state index is 11.7. The molecule has 1 unspecified atom stereocenters. The van der Waals surface area contributed by atoms with E-state index in [1.165, 1.54) is 0 Å². The van der Waals surface area contributed by atoms with E-state index in [4.69, 9.17) is 33.2 Å². The van der Waals surface area contributed by atoms with Crippen LogP contribution >= 0.6 is 0 Å². The molecule has 0 spiro atoms. The quantitative estimate of drug-likeness (QED) is 0.108. The molecule has 0 radical (unpaired) electrons. The molecule has 4 saturated carbocycles. The number of hydrogen-bond donors (Lipinski definition) is 11. The van der Waals surface area contributed by atoms with E-state index in [0.717, 1.165) is 31.3 Å². The predicted octanol–water partition coefficient (Wildman–Crippen LogP) is -1.22. The van der Waals surface area contributed by atoms with E-state index < -0.39 is 111 Å². The molecule has 8 rings (SSSR count). The van der Waals surface area contributed by atoms with Gasteiger partial charge in [0, 0.05) is 5.92 Å². The van der Waals surface area contributed by atoms with Crippen molar-refractivity contribution >= 4 is 0 Å². The second kappa shape index (κ2) is 18.2. The van der Waals surface area contributed by atoms with Crippen molar-refractivity contribution < 1.29 is 89.3 Å².